The van der Waals surface area contributed by atoms with Crippen molar-refractivity contribution in [2.24, 2.45) is 16.2 Å². The van der Waals surface area contributed by atoms with E-state index >= 15 is 0 Å². The molecule has 1 amide bonds. The molecule has 0 saturated carbocycles. The van der Waals surface area contributed by atoms with Gasteiger partial charge >= 0.3 is 6.09 Å². The molecule has 0 fully saturated rings. The van der Waals surface area contributed by atoms with Crippen LogP contribution in [0.25, 0.3) is 0 Å². The van der Waals surface area contributed by atoms with E-state index in [9.17, 15) is 31.2 Å². The Morgan fingerprint density at radius 3 is 2.51 bits per heavy atom. The first kappa shape index (κ1) is 28.2. The van der Waals surface area contributed by atoms with E-state index in [2.05, 4.69) is 19.8 Å². The maximum atomic E-state index is 14.2. The lowest BCUT2D eigenvalue weighted by Crippen LogP contribution is -2.60. The van der Waals surface area contributed by atoms with Crippen molar-refractivity contribution in [3.05, 3.63) is 53.6 Å². The van der Waals surface area contributed by atoms with E-state index in [-0.39, 0.29) is 34.2 Å². The number of nitrogens with zero attached hydrogens (tertiary/aromatic N) is 1. The van der Waals surface area contributed by atoms with E-state index in [4.69, 9.17) is 4.74 Å². The molecule has 2 aromatic rings. The van der Waals surface area contributed by atoms with Gasteiger partial charge in [0, 0.05) is 11.3 Å². The molecule has 0 bridgehead atoms. The number of carbonyl (C=O) groups excluding carboxylic acids is 3. The fraction of sp³-hybridized carbons (Fsp3) is 0.360. The SMILES string of the molecule is COC(=O)NC1(CCC(C)C)C(=O)C(C2=NS(=O)(=O)c3cc(NS(C)(=O)=O)ccc3N2)C(=O)c2ccccc21. The molecule has 2 aromatic carbocycles. The molecule has 12 nitrogen and oxygen atoms in total. The van der Waals surface area contributed by atoms with Crippen LogP contribution in [0.3, 0.4) is 0 Å². The highest BCUT2D eigenvalue weighted by Crippen LogP contribution is 2.42. The molecule has 39 heavy (non-hydrogen) atoms. The number of Topliss-reactive ketones (excluding diaryl/α,β-unsaturated/α-hetero) is 2. The van der Waals surface area contributed by atoms with Crippen molar-refractivity contribution >= 4 is 54.9 Å². The monoisotopic (exact) mass is 576 g/mol. The van der Waals surface area contributed by atoms with Crippen LogP contribution in [-0.2, 0) is 35.1 Å². The molecule has 14 heteroatoms. The molecule has 2 atom stereocenters. The number of amides is 1. The van der Waals surface area contributed by atoms with Gasteiger partial charge in [0.2, 0.25) is 10.0 Å². The maximum absolute atomic E-state index is 14.2. The molecule has 2 unspecified atom stereocenters. The third-order valence-corrected chi connectivity index (χ3v) is 8.45. The molecule has 0 aromatic heterocycles. The molecule has 3 N–H and O–H groups in total. The van der Waals surface area contributed by atoms with Gasteiger partial charge in [0.25, 0.3) is 10.0 Å². The van der Waals surface area contributed by atoms with Crippen molar-refractivity contribution < 1.29 is 36.0 Å². The predicted octanol–water partition coefficient (Wildman–Crippen LogP) is 2.64. The molecule has 1 aliphatic heterocycles. The minimum Gasteiger partial charge on any atom is -0.453 e. The highest BCUT2D eigenvalue weighted by atomic mass is 32.2. The lowest BCUT2D eigenvalue weighted by Gasteiger charge is -2.41. The Hall–Kier alpha value is -3.78. The second kappa shape index (κ2) is 10.1. The van der Waals surface area contributed by atoms with E-state index in [1.54, 1.807) is 18.2 Å². The third-order valence-electron chi connectivity index (χ3n) is 6.51. The van der Waals surface area contributed by atoms with Crippen molar-refractivity contribution in [1.82, 2.24) is 5.32 Å². The molecule has 0 spiro atoms. The van der Waals surface area contributed by atoms with Gasteiger partial charge in [0.05, 0.1) is 19.1 Å². The van der Waals surface area contributed by atoms with Gasteiger partial charge in [0.15, 0.2) is 11.6 Å². The van der Waals surface area contributed by atoms with Crippen molar-refractivity contribution in [1.29, 1.82) is 0 Å². The first-order valence-electron chi connectivity index (χ1n) is 12.0. The summed E-state index contributed by atoms with van der Waals surface area (Å²) in [6.07, 6.45) is 0.637. The minimum absolute atomic E-state index is 0.00555. The summed E-state index contributed by atoms with van der Waals surface area (Å²) >= 11 is 0. The molecule has 4 rings (SSSR count). The van der Waals surface area contributed by atoms with E-state index in [0.717, 1.165) is 19.4 Å². The van der Waals surface area contributed by atoms with Crippen LogP contribution in [-0.4, -0.2) is 53.7 Å². The van der Waals surface area contributed by atoms with Crippen LogP contribution in [0.5, 0.6) is 0 Å². The fourth-order valence-corrected chi connectivity index (χ4v) is 6.47. The summed E-state index contributed by atoms with van der Waals surface area (Å²) in [5, 5.41) is 5.42. The normalized spacial score (nSPS) is 21.8. The van der Waals surface area contributed by atoms with Crippen LogP contribution in [0.2, 0.25) is 0 Å². The number of amidine groups is 1. The molecule has 2 aliphatic rings. The Morgan fingerprint density at radius 1 is 1.18 bits per heavy atom. The summed E-state index contributed by atoms with van der Waals surface area (Å²) in [5.74, 6) is -3.40. The van der Waals surface area contributed by atoms with Gasteiger partial charge < -0.3 is 15.4 Å². The third kappa shape index (κ3) is 5.39. The summed E-state index contributed by atoms with van der Waals surface area (Å²) < 4.78 is 60.3. The zero-order valence-electron chi connectivity index (χ0n) is 21.6. The van der Waals surface area contributed by atoms with Gasteiger partial charge in [-0.05, 0) is 42.5 Å². The summed E-state index contributed by atoms with van der Waals surface area (Å²) in [6, 6.07) is 10.1. The topological polar surface area (TPSA) is 177 Å². The molecule has 1 heterocycles. The number of hydrogen-bond donors (Lipinski definition) is 3. The van der Waals surface area contributed by atoms with E-state index < -0.39 is 55.0 Å². The highest BCUT2D eigenvalue weighted by Gasteiger charge is 2.55. The minimum atomic E-state index is -4.46. The number of ether oxygens (including phenoxy) is 1. The summed E-state index contributed by atoms with van der Waals surface area (Å²) in [4.78, 5) is 40.1. The van der Waals surface area contributed by atoms with Crippen molar-refractivity contribution in [3.8, 4) is 0 Å². The number of rotatable bonds is 7. The van der Waals surface area contributed by atoms with Gasteiger partial charge in [-0.2, -0.15) is 8.42 Å². The second-order valence-electron chi connectivity index (χ2n) is 9.82. The number of nitrogens with one attached hydrogen (secondary N) is 3. The summed E-state index contributed by atoms with van der Waals surface area (Å²) in [7, 11) is -6.99. The van der Waals surface area contributed by atoms with Gasteiger partial charge in [-0.1, -0.05) is 38.1 Å². The molecule has 0 radical (unpaired) electrons. The van der Waals surface area contributed by atoms with Crippen LogP contribution >= 0.6 is 0 Å². The van der Waals surface area contributed by atoms with E-state index in [1.165, 1.54) is 18.2 Å². The number of fused-ring (bicyclic) bond motifs is 2. The first-order valence-corrected chi connectivity index (χ1v) is 15.3. The van der Waals surface area contributed by atoms with E-state index in [1.807, 2.05) is 13.8 Å². The van der Waals surface area contributed by atoms with Crippen LogP contribution in [0, 0.1) is 11.8 Å². The standard InChI is InChI=1S/C25H28N4O8S2/c1-14(2)11-12-25(27-24(32)37-3)17-8-6-5-7-16(17)21(30)20(22(25)31)23-26-18-10-9-15(28-38(4,33)34)13-19(18)39(35,36)29-23/h5-10,13-14,20,28H,11-12H2,1-4H3,(H,26,29)(H,27,32). The average molecular weight is 577 g/mol. The molecule has 208 valence electrons. The summed E-state index contributed by atoms with van der Waals surface area (Å²) in [5.41, 5.74) is -1.26. The zero-order valence-corrected chi connectivity index (χ0v) is 23.3. The number of sulfonamides is 2. The maximum Gasteiger partial charge on any atom is 0.407 e. The Balaban J connectivity index is 1.86. The number of carbonyl (C=O) groups is 3. The lowest BCUT2D eigenvalue weighted by atomic mass is 9.67. The number of benzene rings is 2. The van der Waals surface area contributed by atoms with Crippen molar-refractivity contribution in [2.45, 2.75) is 37.1 Å². The largest absolute Gasteiger partial charge is 0.453 e. The van der Waals surface area contributed by atoms with Crippen LogP contribution in [0.4, 0.5) is 16.2 Å². The zero-order chi connectivity index (χ0) is 28.8. The Bertz CT molecular complexity index is 1620. The lowest BCUT2D eigenvalue weighted by molar-refractivity contribution is -0.127. The predicted molar refractivity (Wildman–Crippen MR) is 144 cm³/mol. The van der Waals surface area contributed by atoms with Gasteiger partial charge in [-0.3, -0.25) is 14.3 Å². The van der Waals surface area contributed by atoms with Gasteiger partial charge in [-0.15, -0.1) is 4.40 Å². The van der Waals surface area contributed by atoms with Crippen LogP contribution in [0.1, 0.15) is 42.6 Å². The first-order chi connectivity index (χ1) is 18.2. The molecular formula is C25H28N4O8S2. The molecular weight excluding hydrogens is 548 g/mol. The fourth-order valence-electron chi connectivity index (χ4n) is 4.73. The second-order valence-corrected chi connectivity index (χ2v) is 13.1. The van der Waals surface area contributed by atoms with Crippen LogP contribution < -0.4 is 15.4 Å². The van der Waals surface area contributed by atoms with E-state index in [0.29, 0.717) is 12.0 Å². The Kier molecular flexibility index (Phi) is 7.29. The quantitative estimate of drug-likeness (QED) is 0.418. The molecule has 1 aliphatic carbocycles. The van der Waals surface area contributed by atoms with Crippen molar-refractivity contribution in [2.75, 3.05) is 23.4 Å². The smallest absolute Gasteiger partial charge is 0.407 e. The van der Waals surface area contributed by atoms with Crippen molar-refractivity contribution in [3.63, 3.8) is 0 Å². The number of hydrogen-bond acceptors (Lipinski definition) is 9. The Labute approximate surface area is 226 Å². The number of alkyl carbamates (subject to hydrolysis) is 1. The molecule has 0 saturated heterocycles. The number of ketones is 2. The van der Waals surface area contributed by atoms with Crippen LogP contribution in [0.15, 0.2) is 51.8 Å². The Morgan fingerprint density at radius 2 is 1.87 bits per heavy atom. The van der Waals surface area contributed by atoms with Gasteiger partial charge in [0.1, 0.15) is 22.2 Å². The van der Waals surface area contributed by atoms with Gasteiger partial charge in [-0.25, -0.2) is 13.2 Å². The number of anilines is 2. The number of methoxy groups -OCH3 is 1. The summed E-state index contributed by atoms with van der Waals surface area (Å²) in [6.45, 7) is 3.88. The average Bonchev–Trinajstić information content (AvgIpc) is 2.85. The highest BCUT2D eigenvalue weighted by molar-refractivity contribution is 7.92.